The van der Waals surface area contributed by atoms with Crippen LogP contribution in [0, 0.1) is 6.92 Å². The van der Waals surface area contributed by atoms with Crippen LogP contribution < -0.4 is 10.5 Å². The summed E-state index contributed by atoms with van der Waals surface area (Å²) in [5.41, 5.74) is 9.89. The average Bonchev–Trinajstić information content (AvgIpc) is 2.78. The molecule has 0 radical (unpaired) electrons. The summed E-state index contributed by atoms with van der Waals surface area (Å²) in [5, 5.41) is 0. The Morgan fingerprint density at radius 1 is 1.20 bits per heavy atom. The molecule has 5 heteroatoms. The molecule has 5 nitrogen and oxygen atoms in total. The lowest BCUT2D eigenvalue weighted by molar-refractivity contribution is 0.414. The highest BCUT2D eigenvalue weighted by molar-refractivity contribution is 5.77. The van der Waals surface area contributed by atoms with Gasteiger partial charge >= 0.3 is 0 Å². The summed E-state index contributed by atoms with van der Waals surface area (Å²) in [7, 11) is 1.66. The molecule has 2 N–H and O–H groups in total. The largest absolute Gasteiger partial charge is 0.497 e. The fourth-order valence-corrected chi connectivity index (χ4v) is 2.22. The third-order valence-electron chi connectivity index (χ3n) is 3.36. The number of fused-ring (bicyclic) bond motifs is 1. The molecular weight excluding hydrogens is 252 g/mol. The van der Waals surface area contributed by atoms with Crippen molar-refractivity contribution in [3.63, 3.8) is 0 Å². The molecule has 0 unspecified atom stereocenters. The maximum Gasteiger partial charge on any atom is 0.202 e. The lowest BCUT2D eigenvalue weighted by Gasteiger charge is -2.07. The highest BCUT2D eigenvalue weighted by Gasteiger charge is 2.11. The zero-order valence-corrected chi connectivity index (χ0v) is 11.5. The Hall–Kier alpha value is -2.56. The Bertz CT molecular complexity index is 746. The Morgan fingerprint density at radius 3 is 2.65 bits per heavy atom. The first-order valence-electron chi connectivity index (χ1n) is 6.39. The summed E-state index contributed by atoms with van der Waals surface area (Å²) in [6, 6.07) is 9.83. The number of rotatable bonds is 3. The second kappa shape index (κ2) is 4.85. The van der Waals surface area contributed by atoms with E-state index in [4.69, 9.17) is 10.5 Å². The third kappa shape index (κ3) is 2.07. The van der Waals surface area contributed by atoms with Gasteiger partial charge in [0.2, 0.25) is 5.95 Å². The third-order valence-corrected chi connectivity index (χ3v) is 3.36. The molecule has 0 amide bonds. The maximum atomic E-state index is 6.01. The van der Waals surface area contributed by atoms with Crippen LogP contribution in [0.2, 0.25) is 0 Å². The number of ether oxygens (including phenoxy) is 1. The minimum atomic E-state index is 0.484. The van der Waals surface area contributed by atoms with Crippen LogP contribution in [0.5, 0.6) is 5.75 Å². The first-order chi connectivity index (χ1) is 9.69. The van der Waals surface area contributed by atoms with Crippen molar-refractivity contribution in [1.82, 2.24) is 14.5 Å². The van der Waals surface area contributed by atoms with Crippen LogP contribution in [-0.2, 0) is 6.54 Å². The van der Waals surface area contributed by atoms with Crippen LogP contribution in [0.25, 0.3) is 11.2 Å². The number of nitrogen functional groups attached to an aromatic ring is 1. The minimum absolute atomic E-state index is 0.484. The highest BCUT2D eigenvalue weighted by Crippen LogP contribution is 2.21. The van der Waals surface area contributed by atoms with Gasteiger partial charge in [-0.15, -0.1) is 0 Å². The first-order valence-corrected chi connectivity index (χ1v) is 6.39. The molecular formula is C15H16N4O. The van der Waals surface area contributed by atoms with Gasteiger partial charge in [-0.2, -0.15) is 0 Å². The van der Waals surface area contributed by atoms with E-state index < -0.39 is 0 Å². The van der Waals surface area contributed by atoms with Gasteiger partial charge in [0.15, 0.2) is 5.65 Å². The number of aromatic nitrogens is 3. The topological polar surface area (TPSA) is 66.0 Å². The molecule has 0 aliphatic heterocycles. The number of methoxy groups -OCH3 is 1. The van der Waals surface area contributed by atoms with E-state index in [0.717, 1.165) is 28.0 Å². The van der Waals surface area contributed by atoms with Crippen molar-refractivity contribution in [2.24, 2.45) is 0 Å². The number of hydrogen-bond donors (Lipinski definition) is 1. The van der Waals surface area contributed by atoms with E-state index in [-0.39, 0.29) is 0 Å². The highest BCUT2D eigenvalue weighted by atomic mass is 16.5. The van der Waals surface area contributed by atoms with Crippen molar-refractivity contribution >= 4 is 17.1 Å². The number of hydrogen-bond acceptors (Lipinski definition) is 4. The average molecular weight is 268 g/mol. The molecule has 0 spiro atoms. The molecule has 3 aromatic rings. The van der Waals surface area contributed by atoms with Gasteiger partial charge in [-0.05, 0) is 36.2 Å². The number of nitrogens with two attached hydrogens (primary N) is 1. The number of imidazole rings is 1. The molecule has 0 aliphatic carbocycles. The van der Waals surface area contributed by atoms with Crippen molar-refractivity contribution in [2.45, 2.75) is 13.5 Å². The zero-order chi connectivity index (χ0) is 14.1. The molecule has 0 aliphatic rings. The van der Waals surface area contributed by atoms with E-state index >= 15 is 0 Å². The molecule has 2 heterocycles. The normalized spacial score (nSPS) is 10.9. The van der Waals surface area contributed by atoms with Crippen molar-refractivity contribution < 1.29 is 4.74 Å². The van der Waals surface area contributed by atoms with E-state index in [1.807, 2.05) is 41.8 Å². The van der Waals surface area contributed by atoms with E-state index in [1.54, 1.807) is 13.3 Å². The Balaban J connectivity index is 2.01. The molecule has 20 heavy (non-hydrogen) atoms. The molecule has 2 aromatic heterocycles. The summed E-state index contributed by atoms with van der Waals surface area (Å²) in [6.45, 7) is 2.65. The lowest BCUT2D eigenvalue weighted by Crippen LogP contribution is -2.05. The number of aryl methyl sites for hydroxylation is 1. The predicted molar refractivity (Wildman–Crippen MR) is 78.8 cm³/mol. The van der Waals surface area contributed by atoms with E-state index in [9.17, 15) is 0 Å². The molecule has 1 aromatic carbocycles. The fraction of sp³-hybridized carbons (Fsp3) is 0.200. The second-order valence-corrected chi connectivity index (χ2v) is 4.70. The zero-order valence-electron chi connectivity index (χ0n) is 11.5. The van der Waals surface area contributed by atoms with E-state index in [2.05, 4.69) is 9.97 Å². The van der Waals surface area contributed by atoms with Gasteiger partial charge in [0.1, 0.15) is 11.3 Å². The van der Waals surface area contributed by atoms with Crippen LogP contribution in [0.3, 0.4) is 0 Å². The SMILES string of the molecule is COc1ccc(Cn2c(N)nc3c(C)ccnc32)cc1. The number of nitrogens with zero attached hydrogens (tertiary/aromatic N) is 3. The summed E-state index contributed by atoms with van der Waals surface area (Å²) < 4.78 is 7.08. The fourth-order valence-electron chi connectivity index (χ4n) is 2.22. The number of anilines is 1. The van der Waals surface area contributed by atoms with E-state index in [1.165, 1.54) is 0 Å². The van der Waals surface area contributed by atoms with Gasteiger partial charge in [0, 0.05) is 6.20 Å². The monoisotopic (exact) mass is 268 g/mol. The number of benzene rings is 1. The summed E-state index contributed by atoms with van der Waals surface area (Å²) >= 11 is 0. The Labute approximate surface area is 117 Å². The van der Waals surface area contributed by atoms with Crippen molar-refractivity contribution in [2.75, 3.05) is 12.8 Å². The van der Waals surface area contributed by atoms with Gasteiger partial charge in [0.05, 0.1) is 13.7 Å². The smallest absolute Gasteiger partial charge is 0.202 e. The van der Waals surface area contributed by atoms with Gasteiger partial charge in [-0.3, -0.25) is 4.57 Å². The van der Waals surface area contributed by atoms with Gasteiger partial charge in [-0.25, -0.2) is 9.97 Å². The standard InChI is InChI=1S/C15H16N4O/c1-10-7-8-17-14-13(10)18-15(16)19(14)9-11-3-5-12(20-2)6-4-11/h3-8H,9H2,1-2H3,(H2,16,18). The van der Waals surface area contributed by atoms with Gasteiger partial charge in [0.25, 0.3) is 0 Å². The van der Waals surface area contributed by atoms with Crippen LogP contribution in [0.1, 0.15) is 11.1 Å². The molecule has 102 valence electrons. The van der Waals surface area contributed by atoms with Crippen molar-refractivity contribution in [3.8, 4) is 5.75 Å². The first kappa shape index (κ1) is 12.5. The van der Waals surface area contributed by atoms with Crippen molar-refractivity contribution in [3.05, 3.63) is 47.7 Å². The summed E-state index contributed by atoms with van der Waals surface area (Å²) in [4.78, 5) is 8.78. The molecule has 0 fully saturated rings. The summed E-state index contributed by atoms with van der Waals surface area (Å²) in [5.74, 6) is 1.32. The Morgan fingerprint density at radius 2 is 1.95 bits per heavy atom. The molecule has 0 bridgehead atoms. The second-order valence-electron chi connectivity index (χ2n) is 4.70. The van der Waals surface area contributed by atoms with Crippen LogP contribution in [0.15, 0.2) is 36.5 Å². The molecule has 0 saturated carbocycles. The predicted octanol–water partition coefficient (Wildman–Crippen LogP) is 2.38. The number of pyridine rings is 1. The van der Waals surface area contributed by atoms with E-state index in [0.29, 0.717) is 12.5 Å². The van der Waals surface area contributed by atoms with Crippen molar-refractivity contribution in [1.29, 1.82) is 0 Å². The van der Waals surface area contributed by atoms with Crippen LogP contribution in [0.4, 0.5) is 5.95 Å². The van der Waals surface area contributed by atoms with Crippen LogP contribution in [-0.4, -0.2) is 21.6 Å². The summed E-state index contributed by atoms with van der Waals surface area (Å²) in [6.07, 6.45) is 1.78. The lowest BCUT2D eigenvalue weighted by atomic mass is 10.2. The van der Waals surface area contributed by atoms with Gasteiger partial charge < -0.3 is 10.5 Å². The maximum absolute atomic E-state index is 6.01. The van der Waals surface area contributed by atoms with Gasteiger partial charge in [-0.1, -0.05) is 12.1 Å². The minimum Gasteiger partial charge on any atom is -0.497 e. The molecule has 0 saturated heterocycles. The Kier molecular flexibility index (Phi) is 3.02. The quantitative estimate of drug-likeness (QED) is 0.792. The molecule has 0 atom stereocenters. The molecule has 3 rings (SSSR count). The van der Waals surface area contributed by atoms with Crippen LogP contribution >= 0.6 is 0 Å².